The van der Waals surface area contributed by atoms with Crippen molar-refractivity contribution in [1.82, 2.24) is 9.38 Å². The lowest BCUT2D eigenvalue weighted by Crippen LogP contribution is -2.39. The van der Waals surface area contributed by atoms with Gasteiger partial charge in [0, 0.05) is 57.6 Å². The van der Waals surface area contributed by atoms with Gasteiger partial charge >= 0.3 is 5.97 Å². The van der Waals surface area contributed by atoms with Crippen LogP contribution in [0.2, 0.25) is 0 Å². The lowest BCUT2D eigenvalue weighted by molar-refractivity contribution is -0.139. The number of piperidine rings is 2. The van der Waals surface area contributed by atoms with E-state index in [-0.39, 0.29) is 37.4 Å². The van der Waals surface area contributed by atoms with E-state index in [0.29, 0.717) is 46.8 Å². The van der Waals surface area contributed by atoms with E-state index in [1.54, 1.807) is 36.0 Å². The van der Waals surface area contributed by atoms with Gasteiger partial charge in [0.15, 0.2) is 21.2 Å². The van der Waals surface area contributed by atoms with E-state index >= 15 is 0 Å². The maximum atomic E-state index is 13.9. The highest BCUT2D eigenvalue weighted by molar-refractivity contribution is 7.92. The highest BCUT2D eigenvalue weighted by Crippen LogP contribution is 2.54. The van der Waals surface area contributed by atoms with Gasteiger partial charge in [0.05, 0.1) is 34.1 Å². The molecule has 1 saturated carbocycles. The van der Waals surface area contributed by atoms with E-state index in [2.05, 4.69) is 10.3 Å². The Kier molecular flexibility index (Phi) is 7.55. The number of imidazole rings is 1. The molecule has 3 fully saturated rings. The quantitative estimate of drug-likeness (QED) is 0.368. The van der Waals surface area contributed by atoms with E-state index < -0.39 is 33.4 Å². The number of carbonyl (C=O) groups is 2. The first kappa shape index (κ1) is 29.3. The molecule has 43 heavy (non-hydrogen) atoms. The highest BCUT2D eigenvalue weighted by Gasteiger charge is 2.45. The Morgan fingerprint density at radius 3 is 2.33 bits per heavy atom. The molecule has 1 amide bonds. The number of sulfone groups is 1. The number of hydrogen-bond acceptors (Lipinski definition) is 8. The summed E-state index contributed by atoms with van der Waals surface area (Å²) in [5, 5.41) is 2.94. The van der Waals surface area contributed by atoms with Crippen molar-refractivity contribution in [2.24, 2.45) is 5.41 Å². The van der Waals surface area contributed by atoms with Gasteiger partial charge in [0.25, 0.3) is 11.8 Å². The van der Waals surface area contributed by atoms with Gasteiger partial charge in [0.1, 0.15) is 0 Å². The second kappa shape index (κ2) is 11.1. The number of carbonyl (C=O) groups excluding carboxylic acids is 2. The monoisotopic (exact) mass is 615 g/mol. The molecule has 1 aliphatic carbocycles. The molecule has 2 aromatic heterocycles. The number of benzene rings is 1. The average molecular weight is 616 g/mol. The summed E-state index contributed by atoms with van der Waals surface area (Å²) in [4.78, 5) is 34.0. The van der Waals surface area contributed by atoms with Crippen molar-refractivity contribution >= 4 is 44.4 Å². The molecule has 0 radical (unpaired) electrons. The Bertz CT molecular complexity index is 1650. The zero-order chi connectivity index (χ0) is 30.4. The molecule has 2 saturated heterocycles. The third kappa shape index (κ3) is 6.17. The van der Waals surface area contributed by atoms with Crippen molar-refractivity contribution in [3.63, 3.8) is 0 Å². The highest BCUT2D eigenvalue weighted by atomic mass is 32.2. The number of esters is 1. The molecular weight excluding hydrogens is 580 g/mol. The lowest BCUT2D eigenvalue weighted by atomic mass is 9.93. The zero-order valence-electron chi connectivity index (χ0n) is 24.0. The number of aromatic nitrogens is 2. The van der Waals surface area contributed by atoms with E-state index in [4.69, 9.17) is 4.74 Å². The van der Waals surface area contributed by atoms with Crippen molar-refractivity contribution < 1.29 is 31.5 Å². The number of rotatable bonds is 8. The van der Waals surface area contributed by atoms with Gasteiger partial charge in [-0.25, -0.2) is 22.2 Å². The van der Waals surface area contributed by atoms with Gasteiger partial charge in [-0.1, -0.05) is 0 Å². The van der Waals surface area contributed by atoms with Crippen LogP contribution in [0.1, 0.15) is 55.8 Å². The number of nitrogens with zero attached hydrogens (tertiary/aromatic N) is 4. The van der Waals surface area contributed by atoms with Gasteiger partial charge in [-0.3, -0.25) is 9.59 Å². The first-order valence-electron chi connectivity index (χ1n) is 14.7. The van der Waals surface area contributed by atoms with Gasteiger partial charge in [-0.05, 0) is 62.3 Å². The maximum absolute atomic E-state index is 13.9. The minimum Gasteiger partial charge on any atom is -0.465 e. The summed E-state index contributed by atoms with van der Waals surface area (Å²) >= 11 is 0. The molecule has 0 bridgehead atoms. The van der Waals surface area contributed by atoms with E-state index in [1.807, 2.05) is 9.80 Å². The molecule has 0 unspecified atom stereocenters. The standard InChI is InChI=1S/C30H35F2N5O5S/c1-2-42-26(38)20-43(40,41)22-3-4-23(24(18-22)35-12-7-29(5-6-29)8-13-35)28(39)34-21-17-25(27-33-11-16-37(27)19-21)36-14-9-30(31,32)10-15-36/h3-4,11,16-19H,2,5-10,12-15,20H2,1H3,(H,34,39). The third-order valence-corrected chi connectivity index (χ3v) is 10.5. The van der Waals surface area contributed by atoms with Gasteiger partial charge < -0.3 is 24.3 Å². The predicted octanol–water partition coefficient (Wildman–Crippen LogP) is 4.54. The van der Waals surface area contributed by atoms with Crippen LogP contribution in [0.5, 0.6) is 0 Å². The molecule has 6 rings (SSSR count). The summed E-state index contributed by atoms with van der Waals surface area (Å²) in [6, 6.07) is 6.04. The van der Waals surface area contributed by atoms with Crippen molar-refractivity contribution in [3.05, 3.63) is 48.4 Å². The number of pyridine rings is 1. The molecule has 3 aromatic rings. The number of anilines is 3. The van der Waals surface area contributed by atoms with Crippen LogP contribution < -0.4 is 15.1 Å². The van der Waals surface area contributed by atoms with Crippen LogP contribution in [0.15, 0.2) is 47.8 Å². The summed E-state index contributed by atoms with van der Waals surface area (Å²) < 4.78 is 60.5. The topological polar surface area (TPSA) is 113 Å². The molecule has 1 spiro atoms. The van der Waals surface area contributed by atoms with Crippen LogP contribution in [0.4, 0.5) is 25.8 Å². The largest absolute Gasteiger partial charge is 0.465 e. The lowest BCUT2D eigenvalue weighted by Gasteiger charge is -2.35. The van der Waals surface area contributed by atoms with Crippen LogP contribution in [-0.4, -0.2) is 74.1 Å². The smallest absolute Gasteiger partial charge is 0.321 e. The molecule has 10 nitrogen and oxygen atoms in total. The van der Waals surface area contributed by atoms with Crippen molar-refractivity contribution in [1.29, 1.82) is 0 Å². The molecule has 1 aromatic carbocycles. The van der Waals surface area contributed by atoms with Crippen LogP contribution in [0.25, 0.3) is 5.65 Å². The van der Waals surface area contributed by atoms with Crippen molar-refractivity contribution in [2.45, 2.75) is 56.3 Å². The second-order valence-electron chi connectivity index (χ2n) is 11.8. The fourth-order valence-corrected chi connectivity index (χ4v) is 7.21. The fraction of sp³-hybridized carbons (Fsp3) is 0.500. The van der Waals surface area contributed by atoms with Crippen LogP contribution >= 0.6 is 0 Å². The van der Waals surface area contributed by atoms with Crippen LogP contribution in [-0.2, 0) is 19.4 Å². The SMILES string of the molecule is CCOC(=O)CS(=O)(=O)c1ccc(C(=O)Nc2cc(N3CCC(F)(F)CC3)c3nccn3c2)c(N2CCC3(CC2)CC3)c1. The molecular formula is C30H35F2N5O5S. The summed E-state index contributed by atoms with van der Waals surface area (Å²) in [5.41, 5.74) is 2.84. The minimum atomic E-state index is -4.00. The van der Waals surface area contributed by atoms with E-state index in [9.17, 15) is 26.8 Å². The van der Waals surface area contributed by atoms with Crippen molar-refractivity contribution in [3.8, 4) is 0 Å². The number of halogens is 2. The van der Waals surface area contributed by atoms with E-state index in [0.717, 1.165) is 12.8 Å². The third-order valence-electron chi connectivity index (χ3n) is 8.87. The van der Waals surface area contributed by atoms with Crippen LogP contribution in [0, 0.1) is 5.41 Å². The molecule has 2 aliphatic heterocycles. The fourth-order valence-electron chi connectivity index (χ4n) is 6.09. The van der Waals surface area contributed by atoms with Gasteiger partial charge in [0.2, 0.25) is 0 Å². The summed E-state index contributed by atoms with van der Waals surface area (Å²) in [7, 11) is -4.00. The summed E-state index contributed by atoms with van der Waals surface area (Å²) in [5.74, 6) is -4.76. The zero-order valence-corrected chi connectivity index (χ0v) is 24.8. The number of alkyl halides is 2. The van der Waals surface area contributed by atoms with Gasteiger partial charge in [-0.2, -0.15) is 0 Å². The average Bonchev–Trinajstić information content (AvgIpc) is 3.54. The number of hydrogen-bond donors (Lipinski definition) is 1. The minimum absolute atomic E-state index is 0.0529. The number of amides is 1. The molecule has 1 N–H and O–H groups in total. The molecule has 230 valence electrons. The Morgan fingerprint density at radius 1 is 0.977 bits per heavy atom. The van der Waals surface area contributed by atoms with E-state index in [1.165, 1.54) is 31.0 Å². The maximum Gasteiger partial charge on any atom is 0.321 e. The Morgan fingerprint density at radius 2 is 1.65 bits per heavy atom. The van der Waals surface area contributed by atoms with Gasteiger partial charge in [-0.15, -0.1) is 0 Å². The molecule has 13 heteroatoms. The summed E-state index contributed by atoms with van der Waals surface area (Å²) in [6.07, 6.45) is 8.82. The van der Waals surface area contributed by atoms with Crippen LogP contribution in [0.3, 0.4) is 0 Å². The Balaban J connectivity index is 1.30. The number of nitrogens with one attached hydrogen (secondary N) is 1. The summed E-state index contributed by atoms with van der Waals surface area (Å²) in [6.45, 7) is 3.38. The number of ether oxygens (including phenoxy) is 1. The Labute approximate surface area is 248 Å². The molecule has 3 aliphatic rings. The molecule has 4 heterocycles. The predicted molar refractivity (Wildman–Crippen MR) is 158 cm³/mol. The number of fused-ring (bicyclic) bond motifs is 1. The normalized spacial score (nSPS) is 19.4. The van der Waals surface area contributed by atoms with Crippen molar-refractivity contribution in [2.75, 3.05) is 53.7 Å². The Hall–Kier alpha value is -3.74. The molecule has 0 atom stereocenters. The first-order chi connectivity index (χ1) is 20.5. The first-order valence-corrected chi connectivity index (χ1v) is 16.3. The second-order valence-corrected chi connectivity index (χ2v) is 13.8.